The van der Waals surface area contributed by atoms with E-state index in [-0.39, 0.29) is 11.8 Å². The number of carbonyl (C=O) groups excluding carboxylic acids is 1. The number of nitrogens with zero attached hydrogens (tertiary/aromatic N) is 3. The quantitative estimate of drug-likeness (QED) is 0.620. The summed E-state index contributed by atoms with van der Waals surface area (Å²) in [5.74, 6) is 2.91. The lowest BCUT2D eigenvalue weighted by atomic mass is 9.97. The molecule has 0 radical (unpaired) electrons. The highest BCUT2D eigenvalue weighted by molar-refractivity contribution is 5.94. The van der Waals surface area contributed by atoms with Gasteiger partial charge in [0, 0.05) is 31.8 Å². The van der Waals surface area contributed by atoms with Crippen LogP contribution in [-0.4, -0.2) is 48.1 Å². The molecule has 7 heteroatoms. The van der Waals surface area contributed by atoms with Crippen molar-refractivity contribution in [2.24, 2.45) is 0 Å². The van der Waals surface area contributed by atoms with Crippen LogP contribution in [0, 0.1) is 0 Å². The van der Waals surface area contributed by atoms with Crippen molar-refractivity contribution in [3.63, 3.8) is 0 Å². The summed E-state index contributed by atoms with van der Waals surface area (Å²) in [6.45, 7) is 1.31. The van der Waals surface area contributed by atoms with Gasteiger partial charge >= 0.3 is 0 Å². The number of benzene rings is 1. The van der Waals surface area contributed by atoms with E-state index in [0.29, 0.717) is 30.3 Å². The second kappa shape index (κ2) is 8.98. The lowest BCUT2D eigenvalue weighted by Gasteiger charge is -2.31. The number of likely N-dealkylation sites (tertiary alicyclic amines) is 1. The Bertz CT molecular complexity index is 982. The van der Waals surface area contributed by atoms with Crippen molar-refractivity contribution in [3.05, 3.63) is 71.6 Å². The zero-order valence-corrected chi connectivity index (χ0v) is 17.2. The minimum Gasteiger partial charge on any atom is -0.497 e. The van der Waals surface area contributed by atoms with E-state index >= 15 is 0 Å². The molecule has 1 aliphatic rings. The molecule has 30 heavy (non-hydrogen) atoms. The maximum absolute atomic E-state index is 12.9. The molecule has 0 aliphatic carbocycles. The van der Waals surface area contributed by atoms with Gasteiger partial charge < -0.3 is 18.8 Å². The Morgan fingerprint density at radius 3 is 2.63 bits per heavy atom. The first kappa shape index (κ1) is 19.9. The highest BCUT2D eigenvalue weighted by Crippen LogP contribution is 2.28. The first-order valence-electron chi connectivity index (χ1n) is 10.0. The van der Waals surface area contributed by atoms with Crippen LogP contribution in [-0.2, 0) is 6.42 Å². The van der Waals surface area contributed by atoms with Crippen LogP contribution in [0.2, 0.25) is 0 Å². The molecule has 1 atom stereocenters. The summed E-state index contributed by atoms with van der Waals surface area (Å²) in [6.07, 6.45) is 5.88. The normalized spacial score (nSPS) is 16.3. The topological polar surface area (TPSA) is 77.7 Å². The average molecular weight is 407 g/mol. The molecule has 1 saturated heterocycles. The van der Waals surface area contributed by atoms with Gasteiger partial charge in [-0.3, -0.25) is 4.79 Å². The van der Waals surface area contributed by atoms with Crippen molar-refractivity contribution in [3.8, 4) is 11.6 Å². The first-order chi connectivity index (χ1) is 14.7. The van der Waals surface area contributed by atoms with E-state index in [1.807, 2.05) is 29.2 Å². The number of aromatic nitrogens is 2. The van der Waals surface area contributed by atoms with Gasteiger partial charge in [-0.1, -0.05) is 12.1 Å². The molecule has 156 valence electrons. The summed E-state index contributed by atoms with van der Waals surface area (Å²) < 4.78 is 16.3. The van der Waals surface area contributed by atoms with Crippen LogP contribution in [0.5, 0.6) is 11.6 Å². The largest absolute Gasteiger partial charge is 0.497 e. The Balaban J connectivity index is 1.41. The zero-order chi connectivity index (χ0) is 20.9. The van der Waals surface area contributed by atoms with Gasteiger partial charge in [0.15, 0.2) is 5.89 Å². The predicted octanol–water partition coefficient (Wildman–Crippen LogP) is 3.70. The SMILES string of the molecule is COc1ccc(Cc2cnc(C3CCCN(C(=O)c4ccc(OC)nc4)C3)o2)cc1. The molecule has 1 unspecified atom stereocenters. The molecule has 1 amide bonds. The number of piperidine rings is 1. The fourth-order valence-electron chi connectivity index (χ4n) is 3.71. The molecule has 0 spiro atoms. The van der Waals surface area contributed by atoms with Crippen LogP contribution in [0.4, 0.5) is 0 Å². The summed E-state index contributed by atoms with van der Waals surface area (Å²) in [5.41, 5.74) is 1.69. The Morgan fingerprint density at radius 1 is 1.10 bits per heavy atom. The number of pyridine rings is 1. The predicted molar refractivity (Wildman–Crippen MR) is 111 cm³/mol. The maximum atomic E-state index is 12.9. The third-order valence-electron chi connectivity index (χ3n) is 5.36. The third kappa shape index (κ3) is 4.45. The van der Waals surface area contributed by atoms with E-state index in [1.54, 1.807) is 38.7 Å². The number of methoxy groups -OCH3 is 2. The van der Waals surface area contributed by atoms with Crippen molar-refractivity contribution in [2.45, 2.75) is 25.2 Å². The van der Waals surface area contributed by atoms with E-state index in [4.69, 9.17) is 13.9 Å². The lowest BCUT2D eigenvalue weighted by Crippen LogP contribution is -2.39. The molecule has 0 N–H and O–H groups in total. The summed E-state index contributed by atoms with van der Waals surface area (Å²) in [5, 5.41) is 0. The average Bonchev–Trinajstić information content (AvgIpc) is 3.28. The number of carbonyl (C=O) groups is 1. The highest BCUT2D eigenvalue weighted by atomic mass is 16.5. The summed E-state index contributed by atoms with van der Waals surface area (Å²) >= 11 is 0. The molecule has 0 bridgehead atoms. The van der Waals surface area contributed by atoms with Crippen molar-refractivity contribution < 1.29 is 18.7 Å². The number of amides is 1. The van der Waals surface area contributed by atoms with E-state index in [0.717, 1.165) is 36.5 Å². The minimum atomic E-state index is -0.0279. The summed E-state index contributed by atoms with van der Waals surface area (Å²) in [7, 11) is 3.21. The number of hydrogen-bond donors (Lipinski definition) is 0. The van der Waals surface area contributed by atoms with Gasteiger partial charge in [-0.2, -0.15) is 0 Å². The second-order valence-corrected chi connectivity index (χ2v) is 7.37. The maximum Gasteiger partial charge on any atom is 0.255 e. The van der Waals surface area contributed by atoms with Crippen LogP contribution in [0.3, 0.4) is 0 Å². The lowest BCUT2D eigenvalue weighted by molar-refractivity contribution is 0.0697. The number of hydrogen-bond acceptors (Lipinski definition) is 6. The van der Waals surface area contributed by atoms with Gasteiger partial charge in [-0.25, -0.2) is 9.97 Å². The van der Waals surface area contributed by atoms with Crippen LogP contribution in [0.25, 0.3) is 0 Å². The molecule has 1 aromatic carbocycles. The van der Waals surface area contributed by atoms with Crippen molar-refractivity contribution in [2.75, 3.05) is 27.3 Å². The standard InChI is InChI=1S/C23H25N3O4/c1-28-19-8-5-16(6-9-19)12-20-14-25-22(30-20)18-4-3-11-26(15-18)23(27)17-7-10-21(29-2)24-13-17/h5-10,13-14,18H,3-4,11-12,15H2,1-2H3. The third-order valence-corrected chi connectivity index (χ3v) is 5.36. The van der Waals surface area contributed by atoms with Crippen molar-refractivity contribution >= 4 is 5.91 Å². The molecule has 4 rings (SSSR count). The molecule has 3 heterocycles. The van der Waals surface area contributed by atoms with Gasteiger partial charge in [-0.05, 0) is 36.6 Å². The molecule has 0 saturated carbocycles. The van der Waals surface area contributed by atoms with Gasteiger partial charge in [0.25, 0.3) is 5.91 Å². The summed E-state index contributed by atoms with van der Waals surface area (Å²) in [6, 6.07) is 11.4. The molecule has 3 aromatic rings. The Morgan fingerprint density at radius 2 is 1.93 bits per heavy atom. The van der Waals surface area contributed by atoms with Crippen molar-refractivity contribution in [1.29, 1.82) is 0 Å². The molecule has 2 aromatic heterocycles. The van der Waals surface area contributed by atoms with Crippen LogP contribution < -0.4 is 9.47 Å². The van der Waals surface area contributed by atoms with Gasteiger partial charge in [0.05, 0.1) is 31.9 Å². The second-order valence-electron chi connectivity index (χ2n) is 7.37. The molecule has 1 fully saturated rings. The van der Waals surface area contributed by atoms with E-state index in [9.17, 15) is 4.79 Å². The minimum absolute atomic E-state index is 0.0279. The highest BCUT2D eigenvalue weighted by Gasteiger charge is 2.28. The molecular weight excluding hydrogens is 382 g/mol. The zero-order valence-electron chi connectivity index (χ0n) is 17.2. The van der Waals surface area contributed by atoms with Crippen molar-refractivity contribution in [1.82, 2.24) is 14.9 Å². The van der Waals surface area contributed by atoms with Crippen LogP contribution >= 0.6 is 0 Å². The summed E-state index contributed by atoms with van der Waals surface area (Å²) in [4.78, 5) is 23.3. The molecule has 1 aliphatic heterocycles. The first-order valence-corrected chi connectivity index (χ1v) is 10.0. The fraction of sp³-hybridized carbons (Fsp3) is 0.348. The van der Waals surface area contributed by atoms with E-state index in [2.05, 4.69) is 9.97 Å². The smallest absolute Gasteiger partial charge is 0.255 e. The molecular formula is C23H25N3O4. The van der Waals surface area contributed by atoms with E-state index < -0.39 is 0 Å². The number of ether oxygens (including phenoxy) is 2. The number of oxazole rings is 1. The van der Waals surface area contributed by atoms with Gasteiger partial charge in [0.1, 0.15) is 11.5 Å². The van der Waals surface area contributed by atoms with Gasteiger partial charge in [0.2, 0.25) is 5.88 Å². The Kier molecular flexibility index (Phi) is 5.97. The fourth-order valence-corrected chi connectivity index (χ4v) is 3.71. The number of rotatable bonds is 6. The van der Waals surface area contributed by atoms with Gasteiger partial charge in [-0.15, -0.1) is 0 Å². The van der Waals surface area contributed by atoms with Crippen LogP contribution in [0.15, 0.2) is 53.2 Å². The van der Waals surface area contributed by atoms with E-state index in [1.165, 1.54) is 0 Å². The monoisotopic (exact) mass is 407 g/mol. The Labute approximate surface area is 175 Å². The molecule has 7 nitrogen and oxygen atoms in total. The Hall–Kier alpha value is -3.35. The van der Waals surface area contributed by atoms with Crippen LogP contribution in [0.1, 0.15) is 46.3 Å².